The molecule has 100 valence electrons. The Bertz CT molecular complexity index is 347. The molecule has 2 heteroatoms. The van der Waals surface area contributed by atoms with Crippen LogP contribution in [0, 0.1) is 5.92 Å². The van der Waals surface area contributed by atoms with Gasteiger partial charge in [0.15, 0.2) is 0 Å². The van der Waals surface area contributed by atoms with Crippen LogP contribution in [0.2, 0.25) is 0 Å². The molecule has 1 N–H and O–H groups in total. The van der Waals surface area contributed by atoms with Crippen molar-refractivity contribution in [3.63, 3.8) is 0 Å². The molecule has 18 heavy (non-hydrogen) atoms. The third-order valence-corrected chi connectivity index (χ3v) is 4.30. The Morgan fingerprint density at radius 1 is 1.28 bits per heavy atom. The van der Waals surface area contributed by atoms with Gasteiger partial charge in [0.2, 0.25) is 0 Å². The number of likely N-dealkylation sites (N-methyl/N-ethyl adjacent to an activating group) is 1. The van der Waals surface area contributed by atoms with Gasteiger partial charge in [-0.15, -0.1) is 0 Å². The molecule has 0 saturated heterocycles. The van der Waals surface area contributed by atoms with E-state index in [-0.39, 0.29) is 12.1 Å². The van der Waals surface area contributed by atoms with E-state index in [1.165, 1.54) is 19.3 Å². The molecule has 1 fully saturated rings. The standard InChI is InChI=1S/C16H25NO/c1-3-17(12-14-8-7-9-14)13(2)16(18)15-10-5-4-6-11-15/h4-6,10-11,13-14,16,18H,3,7-9,12H2,1-2H3. The van der Waals surface area contributed by atoms with Crippen molar-refractivity contribution in [1.82, 2.24) is 4.90 Å². The molecule has 1 aliphatic rings. The summed E-state index contributed by atoms with van der Waals surface area (Å²) < 4.78 is 0. The number of aliphatic hydroxyl groups is 1. The highest BCUT2D eigenvalue weighted by atomic mass is 16.3. The monoisotopic (exact) mass is 247 g/mol. The summed E-state index contributed by atoms with van der Waals surface area (Å²) in [6, 6.07) is 10.2. The number of benzene rings is 1. The van der Waals surface area contributed by atoms with Gasteiger partial charge in [-0.25, -0.2) is 0 Å². The van der Waals surface area contributed by atoms with Crippen LogP contribution < -0.4 is 0 Å². The Balaban J connectivity index is 1.96. The lowest BCUT2D eigenvalue weighted by Gasteiger charge is -2.37. The lowest BCUT2D eigenvalue weighted by molar-refractivity contribution is 0.0428. The Hall–Kier alpha value is -0.860. The van der Waals surface area contributed by atoms with Crippen molar-refractivity contribution in [2.45, 2.75) is 45.3 Å². The maximum atomic E-state index is 10.5. The summed E-state index contributed by atoms with van der Waals surface area (Å²) in [7, 11) is 0. The molecular weight excluding hydrogens is 222 g/mol. The van der Waals surface area contributed by atoms with Crippen LogP contribution in [-0.4, -0.2) is 29.1 Å². The van der Waals surface area contributed by atoms with Gasteiger partial charge < -0.3 is 5.11 Å². The fourth-order valence-corrected chi connectivity index (χ4v) is 2.72. The summed E-state index contributed by atoms with van der Waals surface area (Å²) in [6.07, 6.45) is 3.74. The third-order valence-electron chi connectivity index (χ3n) is 4.30. The maximum absolute atomic E-state index is 10.5. The molecule has 0 aromatic heterocycles. The van der Waals surface area contributed by atoms with Gasteiger partial charge in [0, 0.05) is 12.6 Å². The summed E-state index contributed by atoms with van der Waals surface area (Å²) >= 11 is 0. The van der Waals surface area contributed by atoms with Gasteiger partial charge in [0.25, 0.3) is 0 Å². The molecule has 2 nitrogen and oxygen atoms in total. The zero-order valence-corrected chi connectivity index (χ0v) is 11.5. The summed E-state index contributed by atoms with van der Waals surface area (Å²) in [5, 5.41) is 10.5. The van der Waals surface area contributed by atoms with Gasteiger partial charge in [-0.05, 0) is 37.8 Å². The highest BCUT2D eigenvalue weighted by Crippen LogP contribution is 2.29. The van der Waals surface area contributed by atoms with Crippen LogP contribution in [0.15, 0.2) is 30.3 Å². The van der Waals surface area contributed by atoms with Crippen LogP contribution in [0.1, 0.15) is 44.8 Å². The van der Waals surface area contributed by atoms with Crippen molar-refractivity contribution < 1.29 is 5.11 Å². The zero-order valence-electron chi connectivity index (χ0n) is 11.5. The summed E-state index contributed by atoms with van der Waals surface area (Å²) in [6.45, 7) is 6.48. The predicted molar refractivity (Wildman–Crippen MR) is 75.5 cm³/mol. The second-order valence-electron chi connectivity index (χ2n) is 5.48. The van der Waals surface area contributed by atoms with Crippen molar-refractivity contribution in [3.05, 3.63) is 35.9 Å². The highest BCUT2D eigenvalue weighted by molar-refractivity contribution is 5.18. The van der Waals surface area contributed by atoms with E-state index in [1.54, 1.807) is 0 Å². The molecule has 1 aromatic carbocycles. The minimum atomic E-state index is -0.383. The normalized spacial score (nSPS) is 19.6. The first kappa shape index (κ1) is 13.6. The van der Waals surface area contributed by atoms with Gasteiger partial charge >= 0.3 is 0 Å². The van der Waals surface area contributed by atoms with E-state index >= 15 is 0 Å². The molecule has 0 spiro atoms. The first-order valence-electron chi connectivity index (χ1n) is 7.19. The minimum Gasteiger partial charge on any atom is -0.387 e. The van der Waals surface area contributed by atoms with Gasteiger partial charge in [-0.3, -0.25) is 4.90 Å². The van der Waals surface area contributed by atoms with E-state index in [4.69, 9.17) is 0 Å². The Kier molecular flexibility index (Phi) is 4.79. The molecule has 0 amide bonds. The molecule has 1 aliphatic carbocycles. The van der Waals surface area contributed by atoms with Gasteiger partial charge in [-0.2, -0.15) is 0 Å². The first-order chi connectivity index (χ1) is 8.72. The Morgan fingerprint density at radius 3 is 2.44 bits per heavy atom. The van der Waals surface area contributed by atoms with Crippen molar-refractivity contribution >= 4 is 0 Å². The molecule has 1 aromatic rings. The second kappa shape index (κ2) is 6.35. The average Bonchev–Trinajstić information content (AvgIpc) is 2.37. The molecule has 2 rings (SSSR count). The molecule has 2 unspecified atom stereocenters. The molecule has 0 bridgehead atoms. The summed E-state index contributed by atoms with van der Waals surface area (Å²) in [5.41, 5.74) is 1.03. The summed E-state index contributed by atoms with van der Waals surface area (Å²) in [5.74, 6) is 0.857. The number of hydrogen-bond donors (Lipinski definition) is 1. The molecule has 1 saturated carbocycles. The number of rotatable bonds is 6. The fraction of sp³-hybridized carbons (Fsp3) is 0.625. The zero-order chi connectivity index (χ0) is 13.0. The number of nitrogens with zero attached hydrogens (tertiary/aromatic N) is 1. The second-order valence-corrected chi connectivity index (χ2v) is 5.48. The van der Waals surface area contributed by atoms with E-state index in [0.29, 0.717) is 0 Å². The fourth-order valence-electron chi connectivity index (χ4n) is 2.72. The van der Waals surface area contributed by atoms with Crippen molar-refractivity contribution in [2.75, 3.05) is 13.1 Å². The number of aliphatic hydroxyl groups excluding tert-OH is 1. The average molecular weight is 247 g/mol. The summed E-state index contributed by atoms with van der Waals surface area (Å²) in [4.78, 5) is 2.42. The van der Waals surface area contributed by atoms with Crippen LogP contribution >= 0.6 is 0 Å². The first-order valence-corrected chi connectivity index (χ1v) is 7.19. The predicted octanol–water partition coefficient (Wildman–Crippen LogP) is 3.23. The molecular formula is C16H25NO. The SMILES string of the molecule is CCN(CC1CCC1)C(C)C(O)c1ccccc1. The molecule has 0 radical (unpaired) electrons. The Labute approximate surface area is 111 Å². The van der Waals surface area contributed by atoms with E-state index in [1.807, 2.05) is 30.3 Å². The quantitative estimate of drug-likeness (QED) is 0.834. The Morgan fingerprint density at radius 2 is 1.94 bits per heavy atom. The van der Waals surface area contributed by atoms with Crippen molar-refractivity contribution in [1.29, 1.82) is 0 Å². The largest absolute Gasteiger partial charge is 0.387 e. The number of hydrogen-bond acceptors (Lipinski definition) is 2. The van der Waals surface area contributed by atoms with Gasteiger partial charge in [-0.1, -0.05) is 43.7 Å². The van der Waals surface area contributed by atoms with Crippen LogP contribution in [0.5, 0.6) is 0 Å². The molecule has 2 atom stereocenters. The van der Waals surface area contributed by atoms with Crippen molar-refractivity contribution in [2.24, 2.45) is 5.92 Å². The van der Waals surface area contributed by atoms with Crippen LogP contribution in [0.25, 0.3) is 0 Å². The van der Waals surface area contributed by atoms with E-state index in [9.17, 15) is 5.11 Å². The molecule has 0 aliphatic heterocycles. The van der Waals surface area contributed by atoms with Gasteiger partial charge in [0.05, 0.1) is 6.10 Å². The van der Waals surface area contributed by atoms with E-state index < -0.39 is 0 Å². The van der Waals surface area contributed by atoms with Crippen molar-refractivity contribution in [3.8, 4) is 0 Å². The topological polar surface area (TPSA) is 23.5 Å². The van der Waals surface area contributed by atoms with Gasteiger partial charge in [0.1, 0.15) is 0 Å². The van der Waals surface area contributed by atoms with Crippen LogP contribution in [-0.2, 0) is 0 Å². The minimum absolute atomic E-state index is 0.193. The lowest BCUT2D eigenvalue weighted by atomic mass is 9.84. The van der Waals surface area contributed by atoms with E-state index in [2.05, 4.69) is 18.7 Å². The maximum Gasteiger partial charge on any atom is 0.0942 e. The lowest BCUT2D eigenvalue weighted by Crippen LogP contribution is -2.41. The smallest absolute Gasteiger partial charge is 0.0942 e. The third kappa shape index (κ3) is 3.12. The van der Waals surface area contributed by atoms with E-state index in [0.717, 1.165) is 24.6 Å². The van der Waals surface area contributed by atoms with Crippen LogP contribution in [0.3, 0.4) is 0 Å². The highest BCUT2D eigenvalue weighted by Gasteiger charge is 2.26. The molecule has 0 heterocycles. The van der Waals surface area contributed by atoms with Crippen LogP contribution in [0.4, 0.5) is 0 Å².